The first-order valence-corrected chi connectivity index (χ1v) is 8.88. The van der Waals surface area contributed by atoms with E-state index in [0.717, 1.165) is 5.56 Å². The predicted molar refractivity (Wildman–Crippen MR) is 105 cm³/mol. The van der Waals surface area contributed by atoms with Crippen LogP contribution in [0.3, 0.4) is 0 Å². The molecule has 26 heavy (non-hydrogen) atoms. The van der Waals surface area contributed by atoms with Crippen molar-refractivity contribution in [3.8, 4) is 0 Å². The molecule has 3 N–H and O–H groups in total. The highest BCUT2D eigenvalue weighted by Crippen LogP contribution is 2.29. The smallest absolute Gasteiger partial charge is 0.257 e. The maximum absolute atomic E-state index is 12.9. The fourth-order valence-corrected chi connectivity index (χ4v) is 3.20. The maximum Gasteiger partial charge on any atom is 0.257 e. The number of rotatable bonds is 4. The van der Waals surface area contributed by atoms with E-state index in [1.807, 2.05) is 19.1 Å². The second-order valence-corrected chi connectivity index (χ2v) is 7.08. The molecule has 2 aromatic rings. The van der Waals surface area contributed by atoms with E-state index in [1.54, 1.807) is 13.0 Å². The molecule has 0 aliphatic carbocycles. The number of nitrogens with one attached hydrogen (secondary N) is 3. The third-order valence-corrected chi connectivity index (χ3v) is 4.54. The van der Waals surface area contributed by atoms with E-state index in [1.165, 1.54) is 5.56 Å². The van der Waals surface area contributed by atoms with Crippen molar-refractivity contribution in [1.82, 2.24) is 15.8 Å². The summed E-state index contributed by atoms with van der Waals surface area (Å²) in [6.07, 6.45) is 0. The molecule has 136 valence electrons. The fraction of sp³-hybridized carbons (Fsp3) is 0.316. The van der Waals surface area contributed by atoms with Gasteiger partial charge in [0.2, 0.25) is 0 Å². The Kier molecular flexibility index (Phi) is 5.08. The van der Waals surface area contributed by atoms with E-state index in [2.05, 4.69) is 47.1 Å². The number of allylic oxidation sites excluding steroid dienone is 1. The van der Waals surface area contributed by atoms with Gasteiger partial charge < -0.3 is 20.5 Å². The molecule has 1 aromatic heterocycles. The average Bonchev–Trinajstić information content (AvgIpc) is 2.98. The average molecular weight is 370 g/mol. The molecular formula is C19H22N4O2S. The quantitative estimate of drug-likeness (QED) is 0.715. The third-order valence-electron chi connectivity index (χ3n) is 4.32. The van der Waals surface area contributed by atoms with Crippen LogP contribution in [0.25, 0.3) is 0 Å². The number of amides is 1. The standard InChI is InChI=1S/C19H22N4O2S/c1-10(2)13-5-7-14(8-6-13)17-16(12(4)20-19(26)22-17)18(24)21-15-9-11(3)25-23-15/h5-10,17H,1-4H3,(H2,20,22,26)(H,21,23,24). The molecule has 0 spiro atoms. The molecule has 1 aliphatic heterocycles. The minimum atomic E-state index is -0.335. The van der Waals surface area contributed by atoms with Gasteiger partial charge in [0.25, 0.3) is 5.91 Å². The maximum atomic E-state index is 12.9. The second-order valence-electron chi connectivity index (χ2n) is 6.67. The summed E-state index contributed by atoms with van der Waals surface area (Å²) in [5, 5.41) is 13.3. The summed E-state index contributed by atoms with van der Waals surface area (Å²) in [6, 6.07) is 9.56. The summed E-state index contributed by atoms with van der Waals surface area (Å²) in [6.45, 7) is 7.91. The number of aromatic nitrogens is 1. The largest absolute Gasteiger partial charge is 0.360 e. The van der Waals surface area contributed by atoms with Gasteiger partial charge in [0.05, 0.1) is 11.6 Å². The van der Waals surface area contributed by atoms with Crippen LogP contribution in [-0.4, -0.2) is 16.2 Å². The van der Waals surface area contributed by atoms with Crippen molar-refractivity contribution >= 4 is 29.1 Å². The molecule has 0 fully saturated rings. The van der Waals surface area contributed by atoms with Gasteiger partial charge in [0.1, 0.15) is 5.76 Å². The highest BCUT2D eigenvalue weighted by Gasteiger charge is 2.30. The van der Waals surface area contributed by atoms with Gasteiger partial charge in [-0.2, -0.15) is 0 Å². The Labute approximate surface area is 158 Å². The fourth-order valence-electron chi connectivity index (χ4n) is 2.93. The van der Waals surface area contributed by atoms with Crippen molar-refractivity contribution in [1.29, 1.82) is 0 Å². The highest BCUT2D eigenvalue weighted by molar-refractivity contribution is 7.80. The molecule has 1 aliphatic rings. The van der Waals surface area contributed by atoms with E-state index in [4.69, 9.17) is 16.7 Å². The molecular weight excluding hydrogens is 348 g/mol. The lowest BCUT2D eigenvalue weighted by molar-refractivity contribution is -0.113. The molecule has 3 rings (SSSR count). The predicted octanol–water partition coefficient (Wildman–Crippen LogP) is 3.54. The lowest BCUT2D eigenvalue weighted by Crippen LogP contribution is -2.45. The van der Waals surface area contributed by atoms with Crippen LogP contribution in [-0.2, 0) is 4.79 Å². The van der Waals surface area contributed by atoms with Crippen molar-refractivity contribution in [3.05, 3.63) is 58.5 Å². The van der Waals surface area contributed by atoms with Crippen LogP contribution >= 0.6 is 12.2 Å². The van der Waals surface area contributed by atoms with E-state index in [-0.39, 0.29) is 11.9 Å². The Morgan fingerprint density at radius 1 is 1.27 bits per heavy atom. The van der Waals surface area contributed by atoms with Crippen molar-refractivity contribution < 1.29 is 9.32 Å². The Balaban J connectivity index is 1.92. The summed E-state index contributed by atoms with van der Waals surface area (Å²) in [7, 11) is 0. The van der Waals surface area contributed by atoms with E-state index in [0.29, 0.717) is 33.9 Å². The minimum absolute atomic E-state index is 0.253. The first-order valence-electron chi connectivity index (χ1n) is 8.48. The van der Waals surface area contributed by atoms with Gasteiger partial charge in [0, 0.05) is 11.8 Å². The minimum Gasteiger partial charge on any atom is -0.360 e. The van der Waals surface area contributed by atoms with Crippen LogP contribution in [0.2, 0.25) is 0 Å². The Bertz CT molecular complexity index is 868. The first-order chi connectivity index (χ1) is 12.3. The van der Waals surface area contributed by atoms with Gasteiger partial charge in [-0.05, 0) is 43.1 Å². The van der Waals surface area contributed by atoms with E-state index in [9.17, 15) is 4.79 Å². The summed E-state index contributed by atoms with van der Waals surface area (Å²) in [4.78, 5) is 12.9. The topological polar surface area (TPSA) is 79.2 Å². The monoisotopic (exact) mass is 370 g/mol. The van der Waals surface area contributed by atoms with Crippen LogP contribution in [0.1, 0.15) is 49.6 Å². The lowest BCUT2D eigenvalue weighted by atomic mass is 9.93. The van der Waals surface area contributed by atoms with Gasteiger partial charge >= 0.3 is 0 Å². The number of hydrogen-bond acceptors (Lipinski definition) is 4. The number of nitrogens with zero attached hydrogens (tertiary/aromatic N) is 1. The van der Waals surface area contributed by atoms with Crippen molar-refractivity contribution in [2.24, 2.45) is 0 Å². The summed E-state index contributed by atoms with van der Waals surface area (Å²) < 4.78 is 5.01. The summed E-state index contributed by atoms with van der Waals surface area (Å²) in [5.41, 5.74) is 3.50. The molecule has 0 radical (unpaired) electrons. The number of thiocarbonyl (C=S) groups is 1. The highest BCUT2D eigenvalue weighted by atomic mass is 32.1. The van der Waals surface area contributed by atoms with Gasteiger partial charge in [-0.3, -0.25) is 4.79 Å². The molecule has 1 atom stereocenters. The van der Waals surface area contributed by atoms with Gasteiger partial charge in [-0.15, -0.1) is 0 Å². The number of benzene rings is 1. The van der Waals surface area contributed by atoms with Crippen LogP contribution in [0, 0.1) is 6.92 Å². The van der Waals surface area contributed by atoms with E-state index < -0.39 is 0 Å². The molecule has 1 aromatic carbocycles. The van der Waals surface area contributed by atoms with Gasteiger partial charge in [0.15, 0.2) is 10.9 Å². The molecule has 6 nitrogen and oxygen atoms in total. The Hall–Kier alpha value is -2.67. The van der Waals surface area contributed by atoms with Gasteiger partial charge in [-0.1, -0.05) is 43.3 Å². The molecule has 1 unspecified atom stereocenters. The van der Waals surface area contributed by atoms with Crippen LogP contribution < -0.4 is 16.0 Å². The summed E-state index contributed by atoms with van der Waals surface area (Å²) in [5.74, 6) is 1.21. The third kappa shape index (κ3) is 3.77. The Morgan fingerprint density at radius 2 is 1.96 bits per heavy atom. The molecule has 2 heterocycles. The van der Waals surface area contributed by atoms with E-state index >= 15 is 0 Å². The molecule has 1 amide bonds. The number of carbonyl (C=O) groups excluding carboxylic acids is 1. The molecule has 0 bridgehead atoms. The van der Waals surface area contributed by atoms with Crippen molar-refractivity contribution in [2.75, 3.05) is 5.32 Å². The number of anilines is 1. The van der Waals surface area contributed by atoms with Crippen LogP contribution in [0.15, 0.2) is 46.1 Å². The van der Waals surface area contributed by atoms with Crippen LogP contribution in [0.4, 0.5) is 5.82 Å². The first kappa shape index (κ1) is 18.1. The zero-order valence-corrected chi connectivity index (χ0v) is 16.0. The van der Waals surface area contributed by atoms with Crippen molar-refractivity contribution in [3.63, 3.8) is 0 Å². The molecule has 7 heteroatoms. The molecule has 0 saturated heterocycles. The zero-order chi connectivity index (χ0) is 18.8. The number of hydrogen-bond donors (Lipinski definition) is 3. The number of carbonyl (C=O) groups is 1. The SMILES string of the molecule is CC1=C(C(=O)Nc2cc(C)on2)C(c2ccc(C(C)C)cc2)NC(=S)N1. The summed E-state index contributed by atoms with van der Waals surface area (Å²) >= 11 is 5.28. The second kappa shape index (κ2) is 7.29. The number of aryl methyl sites for hydroxylation is 1. The normalized spacial score (nSPS) is 17.1. The Morgan fingerprint density at radius 3 is 2.54 bits per heavy atom. The van der Waals surface area contributed by atoms with Crippen LogP contribution in [0.5, 0.6) is 0 Å². The van der Waals surface area contributed by atoms with Crippen molar-refractivity contribution in [2.45, 2.75) is 39.7 Å². The molecule has 0 saturated carbocycles. The lowest BCUT2D eigenvalue weighted by Gasteiger charge is -2.30. The van der Waals surface area contributed by atoms with Gasteiger partial charge in [-0.25, -0.2) is 0 Å². The zero-order valence-electron chi connectivity index (χ0n) is 15.2.